The van der Waals surface area contributed by atoms with Gasteiger partial charge in [-0.25, -0.2) is 4.39 Å². The van der Waals surface area contributed by atoms with Gasteiger partial charge in [-0.3, -0.25) is 5.26 Å². The van der Waals surface area contributed by atoms with Crippen LogP contribution in [0.2, 0.25) is 0 Å². The van der Waals surface area contributed by atoms with E-state index in [9.17, 15) is 9.65 Å². The van der Waals surface area contributed by atoms with Gasteiger partial charge in [0.1, 0.15) is 0 Å². The Balaban J connectivity index is 0.000000366. The maximum atomic E-state index is 13.0. The molecule has 2 aromatic carbocycles. The summed E-state index contributed by atoms with van der Waals surface area (Å²) in [6.45, 7) is 16.1. The zero-order chi connectivity index (χ0) is 25.0. The number of nitriles is 1. The molecule has 2 heterocycles. The topological polar surface area (TPSA) is 30.3 Å². The molecule has 0 spiro atoms. The smallest absolute Gasteiger partial charge is 0.367 e. The van der Waals surface area contributed by atoms with Crippen LogP contribution in [0.4, 0.5) is 10.1 Å². The molecule has 1 fully saturated rings. The first-order valence-corrected chi connectivity index (χ1v) is 12.6. The summed E-state index contributed by atoms with van der Waals surface area (Å²) < 4.78 is 12.0. The molecule has 0 amide bonds. The van der Waals surface area contributed by atoms with Gasteiger partial charge in [-0.05, 0) is 73.3 Å². The molecule has 3 nitrogen and oxygen atoms in total. The molecule has 2 aliphatic rings. The van der Waals surface area contributed by atoms with Crippen molar-refractivity contribution in [1.29, 1.82) is 5.26 Å². The van der Waals surface area contributed by atoms with Gasteiger partial charge in [-0.15, -0.1) is 17.2 Å². The van der Waals surface area contributed by atoms with Gasteiger partial charge in [-0.2, -0.15) is 12.7 Å². The van der Waals surface area contributed by atoms with E-state index < -0.39 is 3.68 Å². The molecule has 6 heteroatoms. The van der Waals surface area contributed by atoms with Crippen molar-refractivity contribution >= 4 is 39.1 Å². The summed E-state index contributed by atoms with van der Waals surface area (Å²) in [6, 6.07) is 15.4. The third kappa shape index (κ3) is 7.22. The van der Waals surface area contributed by atoms with Gasteiger partial charge < -0.3 is 16.7 Å². The van der Waals surface area contributed by atoms with Crippen LogP contribution in [-0.4, -0.2) is 41.3 Å². The molecule has 182 valence electrons. The van der Waals surface area contributed by atoms with Crippen molar-refractivity contribution in [2.45, 2.75) is 43.3 Å². The normalized spacial score (nSPS) is 23.1. The Morgan fingerprint density at radius 3 is 2.43 bits per heavy atom. The van der Waals surface area contributed by atoms with Crippen molar-refractivity contribution in [3.8, 4) is 6.07 Å². The molecule has 2 aliphatic heterocycles. The third-order valence-electron chi connectivity index (χ3n) is 6.76. The van der Waals surface area contributed by atoms with E-state index in [-0.39, 0.29) is 37.2 Å². The standard InChI is InChI=1S/C23H23N2.C6H10FIN.U/c1-5-19(14-24)18(4)21-12-13-25(15-17(21)3)22-11-7-10-20-9-6-8-16(2)23(20)22;1-5-3-6(7,8)4-9(5)2;/h6-11H,1,12-13,15H2,2-4H3;5H,1,3-4H2,2H3;/q2*-1;+2/b19-18+;;/t;5-,6?;/m.1./s1. The summed E-state index contributed by atoms with van der Waals surface area (Å²) in [5, 5.41) is 11.9. The largest absolute Gasteiger partial charge is 2.00 e. The van der Waals surface area contributed by atoms with Crippen molar-refractivity contribution in [2.75, 3.05) is 31.6 Å². The van der Waals surface area contributed by atoms with Crippen LogP contribution in [0.3, 0.4) is 0 Å². The summed E-state index contributed by atoms with van der Waals surface area (Å²) in [5.74, 6) is 0. The van der Waals surface area contributed by atoms with Gasteiger partial charge in [0, 0.05) is 30.7 Å². The molecule has 2 atom stereocenters. The minimum absolute atomic E-state index is 0. The van der Waals surface area contributed by atoms with Crippen LogP contribution < -0.4 is 4.90 Å². The summed E-state index contributed by atoms with van der Waals surface area (Å²) in [5.41, 5.74) is 6.78. The Bertz CT molecular complexity index is 1160. The van der Waals surface area contributed by atoms with Gasteiger partial charge in [0.05, 0.1) is 0 Å². The number of alkyl halides is 2. The first kappa shape index (κ1) is 30.1. The van der Waals surface area contributed by atoms with Gasteiger partial charge in [-0.1, -0.05) is 54.5 Å². The van der Waals surface area contributed by atoms with Crippen molar-refractivity contribution in [3.63, 3.8) is 0 Å². The van der Waals surface area contributed by atoms with Crippen LogP contribution in [0, 0.1) is 62.4 Å². The SMILES string of the molecule is C=[C-]/C(C#N)=C(/C)C1=C(C)CN(c2cccc3cccc(C)c23)CC1.[CH2-][C@@H]1CC(F)(I)CN1C.[U+2]. The number of likely N-dealkylation sites (tertiary alicyclic amines) is 1. The minimum atomic E-state index is -1.03. The second-order valence-corrected chi connectivity index (χ2v) is 11.2. The zero-order valence-corrected chi connectivity index (χ0v) is 27.4. The zero-order valence-electron chi connectivity index (χ0n) is 21.1. The van der Waals surface area contributed by atoms with Crippen LogP contribution in [0.15, 0.2) is 65.3 Å². The molecule has 0 aromatic heterocycles. The fourth-order valence-electron chi connectivity index (χ4n) is 4.87. The van der Waals surface area contributed by atoms with Gasteiger partial charge in [0.15, 0.2) is 3.68 Å². The summed E-state index contributed by atoms with van der Waals surface area (Å²) in [7, 11) is 1.90. The van der Waals surface area contributed by atoms with Crippen molar-refractivity contribution < 1.29 is 35.5 Å². The summed E-state index contributed by atoms with van der Waals surface area (Å²) in [6.07, 6.45) is 4.26. The van der Waals surface area contributed by atoms with Crippen LogP contribution in [0.1, 0.15) is 32.3 Å². The Hall–Kier alpha value is -1.12. The fraction of sp³-hybridized carbons (Fsp3) is 0.379. The van der Waals surface area contributed by atoms with Gasteiger partial charge in [0.2, 0.25) is 0 Å². The molecule has 2 aromatic rings. The fourth-order valence-corrected chi connectivity index (χ4v) is 5.92. The first-order valence-electron chi connectivity index (χ1n) is 11.6. The average molecular weight is 808 g/mol. The number of nitrogens with zero attached hydrogens (tertiary/aromatic N) is 3. The van der Waals surface area contributed by atoms with Crippen LogP contribution >= 0.6 is 22.6 Å². The van der Waals surface area contributed by atoms with E-state index >= 15 is 0 Å². The van der Waals surface area contributed by atoms with E-state index in [0.29, 0.717) is 18.5 Å². The summed E-state index contributed by atoms with van der Waals surface area (Å²) >= 11 is 1.85. The third-order valence-corrected chi connectivity index (χ3v) is 7.54. The Labute approximate surface area is 247 Å². The molecule has 0 bridgehead atoms. The number of hydrogen-bond acceptors (Lipinski definition) is 3. The van der Waals surface area contributed by atoms with Gasteiger partial charge >= 0.3 is 31.1 Å². The number of allylic oxidation sites excluding steroid dienone is 3. The van der Waals surface area contributed by atoms with Crippen molar-refractivity contribution in [2.24, 2.45) is 0 Å². The van der Waals surface area contributed by atoms with E-state index in [4.69, 9.17) is 0 Å². The van der Waals surface area contributed by atoms with E-state index in [1.165, 1.54) is 33.2 Å². The maximum absolute atomic E-state index is 13.0. The van der Waals surface area contributed by atoms with Crippen molar-refractivity contribution in [3.05, 3.63) is 83.8 Å². The Morgan fingerprint density at radius 1 is 1.29 bits per heavy atom. The number of rotatable bonds is 3. The van der Waals surface area contributed by atoms with E-state index in [1.54, 1.807) is 0 Å². The average Bonchev–Trinajstić information content (AvgIpc) is 3.04. The number of benzene rings is 2. The molecule has 4 rings (SSSR count). The molecule has 0 radical (unpaired) electrons. The monoisotopic (exact) mass is 807 g/mol. The van der Waals surface area contributed by atoms with E-state index in [1.807, 2.05) is 41.5 Å². The number of aryl methyl sites for hydroxylation is 1. The van der Waals surface area contributed by atoms with Gasteiger partial charge in [0.25, 0.3) is 0 Å². The number of hydrogen-bond donors (Lipinski definition) is 0. The predicted octanol–water partition coefficient (Wildman–Crippen LogP) is 7.13. The van der Waals surface area contributed by atoms with Crippen LogP contribution in [-0.2, 0) is 0 Å². The first-order chi connectivity index (χ1) is 16.1. The minimum Gasteiger partial charge on any atom is -0.367 e. The Kier molecular flexibility index (Phi) is 11.1. The number of fused-ring (bicyclic) bond motifs is 1. The second-order valence-electron chi connectivity index (χ2n) is 9.30. The molecule has 0 aliphatic carbocycles. The second kappa shape index (κ2) is 12.9. The molecular weight excluding hydrogens is 774 g/mol. The number of anilines is 1. The van der Waals surface area contributed by atoms with Crippen molar-refractivity contribution in [1.82, 2.24) is 4.90 Å². The predicted molar refractivity (Wildman–Crippen MR) is 150 cm³/mol. The maximum Gasteiger partial charge on any atom is 2.00 e. The molecule has 1 saturated heterocycles. The molecule has 0 N–H and O–H groups in total. The summed E-state index contributed by atoms with van der Waals surface area (Å²) in [4.78, 5) is 4.39. The molecule has 0 saturated carbocycles. The molecule has 1 unspecified atom stereocenters. The van der Waals surface area contributed by atoms with E-state index in [0.717, 1.165) is 25.1 Å². The molecular formula is C29H33FIN3U. The van der Waals surface area contributed by atoms with Crippen LogP contribution in [0.5, 0.6) is 0 Å². The van der Waals surface area contributed by atoms with Crippen LogP contribution in [0.25, 0.3) is 10.8 Å². The Morgan fingerprint density at radius 2 is 1.94 bits per heavy atom. The molecule has 35 heavy (non-hydrogen) atoms. The van der Waals surface area contributed by atoms with E-state index in [2.05, 4.69) is 80.8 Å². The number of halogens is 2. The quantitative estimate of drug-likeness (QED) is 0.109.